The molecule has 126 valence electrons. The van der Waals surface area contributed by atoms with Crippen molar-refractivity contribution in [1.82, 2.24) is 0 Å². The quantitative estimate of drug-likeness (QED) is 0.846. The average Bonchev–Trinajstić information content (AvgIpc) is 2.71. The number of anilines is 1. The summed E-state index contributed by atoms with van der Waals surface area (Å²) in [6.07, 6.45) is -4.31. The van der Waals surface area contributed by atoms with E-state index in [-0.39, 0.29) is 11.7 Å². The fourth-order valence-electron chi connectivity index (χ4n) is 3.22. The van der Waals surface area contributed by atoms with Gasteiger partial charge in [-0.3, -0.25) is 4.79 Å². The molecule has 0 saturated heterocycles. The maximum atomic E-state index is 12.7. The number of rotatable bonds is 3. The number of amides is 1. The van der Waals surface area contributed by atoms with Crippen LogP contribution < -0.4 is 9.64 Å². The Morgan fingerprint density at radius 1 is 1.08 bits per heavy atom. The van der Waals surface area contributed by atoms with Crippen LogP contribution in [0.2, 0.25) is 0 Å². The number of halogens is 3. The van der Waals surface area contributed by atoms with Gasteiger partial charge in [0.2, 0.25) is 5.91 Å². The van der Waals surface area contributed by atoms with Crippen molar-refractivity contribution in [3.63, 3.8) is 0 Å². The molecule has 0 radical (unpaired) electrons. The number of carbonyl (C=O) groups excluding carboxylic acids is 1. The molecule has 1 aliphatic heterocycles. The van der Waals surface area contributed by atoms with E-state index in [2.05, 4.69) is 4.74 Å². The zero-order chi connectivity index (χ0) is 17.5. The maximum Gasteiger partial charge on any atom is 0.573 e. The van der Waals surface area contributed by atoms with Crippen molar-refractivity contribution in [1.29, 1.82) is 0 Å². The number of benzene rings is 2. The van der Waals surface area contributed by atoms with Crippen molar-refractivity contribution in [2.24, 2.45) is 0 Å². The molecule has 2 aromatic rings. The predicted octanol–water partition coefficient (Wildman–Crippen LogP) is 4.06. The van der Waals surface area contributed by atoms with Crippen LogP contribution in [-0.4, -0.2) is 19.3 Å². The van der Waals surface area contributed by atoms with Crippen LogP contribution in [0.15, 0.2) is 48.5 Å². The van der Waals surface area contributed by atoms with Gasteiger partial charge in [0.25, 0.3) is 0 Å². The molecule has 1 heterocycles. The molecular weight excluding hydrogens is 319 g/mol. The zero-order valence-electron chi connectivity index (χ0n) is 13.2. The van der Waals surface area contributed by atoms with Gasteiger partial charge in [-0.1, -0.05) is 30.3 Å². The van der Waals surface area contributed by atoms with Crippen molar-refractivity contribution >= 4 is 11.6 Å². The number of hydrogen-bond donors (Lipinski definition) is 0. The Balaban J connectivity index is 1.87. The minimum Gasteiger partial charge on any atom is -0.406 e. The first-order valence-corrected chi connectivity index (χ1v) is 7.43. The Morgan fingerprint density at radius 3 is 2.33 bits per heavy atom. The highest BCUT2D eigenvalue weighted by Crippen LogP contribution is 2.43. The predicted molar refractivity (Wildman–Crippen MR) is 84.0 cm³/mol. The van der Waals surface area contributed by atoms with E-state index in [9.17, 15) is 18.0 Å². The highest BCUT2D eigenvalue weighted by atomic mass is 19.4. The fraction of sp³-hybridized carbons (Fsp3) is 0.278. The lowest BCUT2D eigenvalue weighted by Crippen LogP contribution is -2.37. The van der Waals surface area contributed by atoms with E-state index >= 15 is 0 Å². The Morgan fingerprint density at radius 2 is 1.71 bits per heavy atom. The number of alkyl halides is 3. The molecule has 1 unspecified atom stereocenters. The summed E-state index contributed by atoms with van der Waals surface area (Å²) in [5.74, 6) is -0.300. The fourth-order valence-corrected chi connectivity index (χ4v) is 3.22. The van der Waals surface area contributed by atoms with Crippen molar-refractivity contribution in [3.05, 3.63) is 59.7 Å². The van der Waals surface area contributed by atoms with E-state index in [0.717, 1.165) is 16.8 Å². The number of ether oxygens (including phenoxy) is 1. The molecule has 6 heteroatoms. The highest BCUT2D eigenvalue weighted by molar-refractivity contribution is 6.07. The first-order chi connectivity index (χ1) is 11.2. The number of hydrogen-bond acceptors (Lipinski definition) is 2. The van der Waals surface area contributed by atoms with Crippen molar-refractivity contribution in [2.45, 2.75) is 25.1 Å². The van der Waals surface area contributed by atoms with E-state index in [1.54, 1.807) is 24.1 Å². The molecule has 1 atom stereocenters. The van der Waals surface area contributed by atoms with E-state index in [1.165, 1.54) is 12.1 Å². The first-order valence-electron chi connectivity index (χ1n) is 7.43. The average molecular weight is 335 g/mol. The van der Waals surface area contributed by atoms with Crippen LogP contribution in [0.5, 0.6) is 5.75 Å². The standard InChI is InChI=1S/C18H16F3NO2/c1-17(14-5-3-4-6-15(14)22(2)16(17)23)11-12-7-9-13(10-8-12)24-18(19,20)21/h3-10H,11H2,1-2H3. The SMILES string of the molecule is CN1C(=O)C(C)(Cc2ccc(OC(F)(F)F)cc2)c2ccccc21. The molecule has 0 bridgehead atoms. The molecule has 1 amide bonds. The minimum absolute atomic E-state index is 0.0284. The molecule has 0 spiro atoms. The summed E-state index contributed by atoms with van der Waals surface area (Å²) in [7, 11) is 1.73. The number of likely N-dealkylation sites (N-methyl/N-ethyl adjacent to an activating group) is 1. The third-order valence-corrected chi connectivity index (χ3v) is 4.35. The van der Waals surface area contributed by atoms with E-state index in [4.69, 9.17) is 0 Å². The van der Waals surface area contributed by atoms with Gasteiger partial charge in [-0.05, 0) is 42.7 Å². The third-order valence-electron chi connectivity index (χ3n) is 4.35. The lowest BCUT2D eigenvalue weighted by atomic mass is 9.78. The molecule has 3 rings (SSSR count). The lowest BCUT2D eigenvalue weighted by Gasteiger charge is -2.23. The highest BCUT2D eigenvalue weighted by Gasteiger charge is 2.45. The summed E-state index contributed by atoms with van der Waals surface area (Å²) >= 11 is 0. The Bertz CT molecular complexity index is 771. The van der Waals surface area contributed by atoms with Crippen LogP contribution in [0.1, 0.15) is 18.1 Å². The molecule has 3 nitrogen and oxygen atoms in total. The molecule has 0 fully saturated rings. The summed E-state index contributed by atoms with van der Waals surface area (Å²) in [5, 5.41) is 0. The zero-order valence-corrected chi connectivity index (χ0v) is 13.2. The van der Waals surface area contributed by atoms with Gasteiger partial charge in [0.05, 0.1) is 5.41 Å². The molecule has 0 aromatic heterocycles. The van der Waals surface area contributed by atoms with Gasteiger partial charge >= 0.3 is 6.36 Å². The van der Waals surface area contributed by atoms with Crippen molar-refractivity contribution < 1.29 is 22.7 Å². The molecule has 0 aliphatic carbocycles. The van der Waals surface area contributed by atoms with Gasteiger partial charge in [-0.2, -0.15) is 0 Å². The first kappa shape index (κ1) is 16.4. The Hall–Kier alpha value is -2.50. The summed E-state index contributed by atoms with van der Waals surface area (Å²) in [6.45, 7) is 1.86. The molecule has 1 aliphatic rings. The second-order valence-corrected chi connectivity index (χ2v) is 6.08. The van der Waals surface area contributed by atoms with Gasteiger partial charge in [-0.25, -0.2) is 0 Å². The summed E-state index contributed by atoms with van der Waals surface area (Å²) in [4.78, 5) is 14.3. The van der Waals surface area contributed by atoms with Gasteiger partial charge in [0, 0.05) is 12.7 Å². The molecular formula is C18H16F3NO2. The maximum absolute atomic E-state index is 12.7. The minimum atomic E-state index is -4.71. The monoisotopic (exact) mass is 335 g/mol. The van der Waals surface area contributed by atoms with Gasteiger partial charge < -0.3 is 9.64 Å². The van der Waals surface area contributed by atoms with E-state index < -0.39 is 11.8 Å². The second kappa shape index (κ2) is 5.54. The van der Waals surface area contributed by atoms with Crippen molar-refractivity contribution in [2.75, 3.05) is 11.9 Å². The van der Waals surface area contributed by atoms with Gasteiger partial charge in [0.15, 0.2) is 0 Å². The Kier molecular flexibility index (Phi) is 3.78. The van der Waals surface area contributed by atoms with Crippen LogP contribution in [0.3, 0.4) is 0 Å². The van der Waals surface area contributed by atoms with Gasteiger partial charge in [-0.15, -0.1) is 13.2 Å². The Labute approximate surface area is 137 Å². The van der Waals surface area contributed by atoms with Crippen molar-refractivity contribution in [3.8, 4) is 5.75 Å². The van der Waals surface area contributed by atoms with Crippen LogP contribution in [0, 0.1) is 0 Å². The van der Waals surface area contributed by atoms with Crippen LogP contribution in [0.25, 0.3) is 0 Å². The van der Waals surface area contributed by atoms with E-state index in [0.29, 0.717) is 6.42 Å². The molecule has 0 saturated carbocycles. The van der Waals surface area contributed by atoms with Crippen LogP contribution >= 0.6 is 0 Å². The number of nitrogens with zero attached hydrogens (tertiary/aromatic N) is 1. The number of fused-ring (bicyclic) bond motifs is 1. The normalized spacial score (nSPS) is 20.2. The smallest absolute Gasteiger partial charge is 0.406 e. The van der Waals surface area contributed by atoms with Crippen LogP contribution in [0.4, 0.5) is 18.9 Å². The molecule has 0 N–H and O–H groups in total. The number of para-hydroxylation sites is 1. The summed E-state index contributed by atoms with van der Waals surface area (Å²) < 4.78 is 40.5. The van der Waals surface area contributed by atoms with Crippen LogP contribution in [-0.2, 0) is 16.6 Å². The second-order valence-electron chi connectivity index (χ2n) is 6.08. The summed E-state index contributed by atoms with van der Waals surface area (Å²) in [5.41, 5.74) is 1.82. The largest absolute Gasteiger partial charge is 0.573 e. The van der Waals surface area contributed by atoms with Gasteiger partial charge in [0.1, 0.15) is 5.75 Å². The lowest BCUT2D eigenvalue weighted by molar-refractivity contribution is -0.274. The topological polar surface area (TPSA) is 29.5 Å². The van der Waals surface area contributed by atoms with E-state index in [1.807, 2.05) is 31.2 Å². The molecule has 24 heavy (non-hydrogen) atoms. The third kappa shape index (κ3) is 2.84. The summed E-state index contributed by atoms with van der Waals surface area (Å²) in [6, 6.07) is 13.2. The number of carbonyl (C=O) groups is 1. The molecule has 2 aromatic carbocycles.